The van der Waals surface area contributed by atoms with Crippen LogP contribution in [0.25, 0.3) is 10.2 Å². The van der Waals surface area contributed by atoms with Gasteiger partial charge in [-0.1, -0.05) is 6.92 Å². The maximum atomic E-state index is 11.2. The van der Waals surface area contributed by atoms with E-state index >= 15 is 0 Å². The van der Waals surface area contributed by atoms with E-state index < -0.39 is 5.97 Å². The van der Waals surface area contributed by atoms with Crippen LogP contribution < -0.4 is 4.74 Å². The Morgan fingerprint density at radius 3 is 2.86 bits per heavy atom. The molecular formula is C16H18BrNO3S. The minimum absolute atomic E-state index is 0.199. The SMILES string of the molecule is COc1cc2nc(C3CCC(C(=O)O)CC3C)sc2cc1Br. The van der Waals surface area contributed by atoms with E-state index in [1.807, 2.05) is 12.1 Å². The maximum absolute atomic E-state index is 11.2. The third-order valence-electron chi connectivity index (χ3n) is 4.51. The number of benzene rings is 1. The van der Waals surface area contributed by atoms with Crippen LogP contribution in [0, 0.1) is 11.8 Å². The molecule has 3 rings (SSSR count). The molecule has 1 aromatic carbocycles. The molecule has 1 heterocycles. The van der Waals surface area contributed by atoms with Gasteiger partial charge in [0.25, 0.3) is 0 Å². The van der Waals surface area contributed by atoms with Crippen LogP contribution in [0.1, 0.15) is 37.1 Å². The van der Waals surface area contributed by atoms with E-state index in [1.165, 1.54) is 0 Å². The molecule has 0 saturated heterocycles. The molecule has 3 unspecified atom stereocenters. The number of methoxy groups -OCH3 is 1. The summed E-state index contributed by atoms with van der Waals surface area (Å²) in [4.78, 5) is 15.9. The third-order valence-corrected chi connectivity index (χ3v) is 6.28. The van der Waals surface area contributed by atoms with Gasteiger partial charge in [-0.2, -0.15) is 0 Å². The van der Waals surface area contributed by atoms with Gasteiger partial charge in [-0.3, -0.25) is 4.79 Å². The van der Waals surface area contributed by atoms with Crippen molar-refractivity contribution in [2.75, 3.05) is 7.11 Å². The lowest BCUT2D eigenvalue weighted by Gasteiger charge is -2.30. The van der Waals surface area contributed by atoms with Gasteiger partial charge in [-0.05, 0) is 47.2 Å². The summed E-state index contributed by atoms with van der Waals surface area (Å²) in [5.41, 5.74) is 0.951. The van der Waals surface area contributed by atoms with Gasteiger partial charge < -0.3 is 9.84 Å². The van der Waals surface area contributed by atoms with Crippen molar-refractivity contribution in [3.05, 3.63) is 21.6 Å². The number of fused-ring (bicyclic) bond motifs is 1. The van der Waals surface area contributed by atoms with E-state index in [-0.39, 0.29) is 5.92 Å². The minimum Gasteiger partial charge on any atom is -0.495 e. The van der Waals surface area contributed by atoms with Crippen LogP contribution in [0.2, 0.25) is 0 Å². The molecule has 1 aliphatic carbocycles. The van der Waals surface area contributed by atoms with Crippen LogP contribution in [0.5, 0.6) is 5.75 Å². The maximum Gasteiger partial charge on any atom is 0.306 e. The minimum atomic E-state index is -0.664. The fourth-order valence-electron chi connectivity index (χ4n) is 3.25. The van der Waals surface area contributed by atoms with Gasteiger partial charge in [0, 0.05) is 12.0 Å². The first-order valence-corrected chi connectivity index (χ1v) is 8.97. The Balaban J connectivity index is 1.89. The Bertz CT molecular complexity index is 715. The summed E-state index contributed by atoms with van der Waals surface area (Å²) in [6, 6.07) is 4.00. The van der Waals surface area contributed by atoms with Crippen molar-refractivity contribution in [2.45, 2.75) is 32.1 Å². The predicted molar refractivity (Wildman–Crippen MR) is 90.8 cm³/mol. The number of carbonyl (C=O) groups is 1. The lowest BCUT2D eigenvalue weighted by molar-refractivity contribution is -0.143. The molecule has 0 aliphatic heterocycles. The summed E-state index contributed by atoms with van der Waals surface area (Å²) in [5.74, 6) is 0.628. The molecule has 3 atom stereocenters. The van der Waals surface area contributed by atoms with E-state index in [0.29, 0.717) is 11.8 Å². The molecule has 1 aliphatic rings. The molecule has 0 amide bonds. The molecular weight excluding hydrogens is 366 g/mol. The largest absolute Gasteiger partial charge is 0.495 e. The van der Waals surface area contributed by atoms with Crippen LogP contribution in [-0.2, 0) is 4.79 Å². The van der Waals surface area contributed by atoms with Crippen molar-refractivity contribution in [2.24, 2.45) is 11.8 Å². The number of hydrogen-bond donors (Lipinski definition) is 1. The zero-order valence-corrected chi connectivity index (χ0v) is 14.9. The van der Waals surface area contributed by atoms with Gasteiger partial charge in [0.15, 0.2) is 0 Å². The quantitative estimate of drug-likeness (QED) is 0.836. The van der Waals surface area contributed by atoms with E-state index in [9.17, 15) is 9.90 Å². The van der Waals surface area contributed by atoms with Crippen molar-refractivity contribution >= 4 is 43.5 Å². The standard InChI is InChI=1S/C16H18BrNO3S/c1-8-5-9(16(19)20)3-4-10(8)15-18-12-7-13(21-2)11(17)6-14(12)22-15/h6-10H,3-5H2,1-2H3,(H,19,20). The number of thiazole rings is 1. The molecule has 0 radical (unpaired) electrons. The topological polar surface area (TPSA) is 59.4 Å². The molecule has 0 spiro atoms. The van der Waals surface area contributed by atoms with Gasteiger partial charge in [0.05, 0.1) is 32.7 Å². The molecule has 1 saturated carbocycles. The Morgan fingerprint density at radius 1 is 1.45 bits per heavy atom. The molecule has 1 fully saturated rings. The van der Waals surface area contributed by atoms with Gasteiger partial charge in [0.2, 0.25) is 0 Å². The summed E-state index contributed by atoms with van der Waals surface area (Å²) in [6.07, 6.45) is 2.38. The van der Waals surface area contributed by atoms with Crippen LogP contribution in [0.4, 0.5) is 0 Å². The normalized spacial score (nSPS) is 25.3. The monoisotopic (exact) mass is 383 g/mol. The number of carboxylic acids is 1. The summed E-state index contributed by atoms with van der Waals surface area (Å²) in [7, 11) is 1.65. The summed E-state index contributed by atoms with van der Waals surface area (Å²) < 4.78 is 7.39. The van der Waals surface area contributed by atoms with E-state index in [0.717, 1.165) is 44.7 Å². The number of nitrogens with zero attached hydrogens (tertiary/aromatic N) is 1. The predicted octanol–water partition coefficient (Wildman–Crippen LogP) is 4.67. The van der Waals surface area contributed by atoms with Gasteiger partial charge in [-0.15, -0.1) is 11.3 Å². The number of carboxylic acid groups (broad SMARTS) is 1. The summed E-state index contributed by atoms with van der Waals surface area (Å²) in [5, 5.41) is 10.3. The molecule has 1 aromatic heterocycles. The number of aliphatic carboxylic acids is 1. The molecule has 2 aromatic rings. The molecule has 22 heavy (non-hydrogen) atoms. The third kappa shape index (κ3) is 2.86. The van der Waals surface area contributed by atoms with Crippen LogP contribution >= 0.6 is 27.3 Å². The van der Waals surface area contributed by atoms with Crippen LogP contribution in [-0.4, -0.2) is 23.2 Å². The fraction of sp³-hybridized carbons (Fsp3) is 0.500. The first kappa shape index (κ1) is 15.7. The Morgan fingerprint density at radius 2 is 2.23 bits per heavy atom. The molecule has 1 N–H and O–H groups in total. The summed E-state index contributed by atoms with van der Waals surface area (Å²) in [6.45, 7) is 2.14. The average Bonchev–Trinajstić information content (AvgIpc) is 2.88. The van der Waals surface area contributed by atoms with Crippen molar-refractivity contribution in [3.63, 3.8) is 0 Å². The van der Waals surface area contributed by atoms with E-state index in [2.05, 4.69) is 22.9 Å². The lowest BCUT2D eigenvalue weighted by Crippen LogP contribution is -2.26. The van der Waals surface area contributed by atoms with Crippen molar-refractivity contribution in [1.29, 1.82) is 0 Å². The van der Waals surface area contributed by atoms with Crippen molar-refractivity contribution in [3.8, 4) is 5.75 Å². The highest BCUT2D eigenvalue weighted by molar-refractivity contribution is 9.10. The molecule has 0 bridgehead atoms. The smallest absolute Gasteiger partial charge is 0.306 e. The number of aromatic nitrogens is 1. The first-order valence-electron chi connectivity index (χ1n) is 7.36. The second-order valence-electron chi connectivity index (χ2n) is 5.94. The van der Waals surface area contributed by atoms with Gasteiger partial charge in [0.1, 0.15) is 5.75 Å². The Labute approximate surface area is 141 Å². The molecule has 118 valence electrons. The second kappa shape index (κ2) is 6.16. The Kier molecular flexibility index (Phi) is 4.41. The van der Waals surface area contributed by atoms with Gasteiger partial charge >= 0.3 is 5.97 Å². The van der Waals surface area contributed by atoms with E-state index in [4.69, 9.17) is 9.72 Å². The average molecular weight is 384 g/mol. The highest BCUT2D eigenvalue weighted by Gasteiger charge is 2.33. The first-order chi connectivity index (χ1) is 10.5. The fourth-order valence-corrected chi connectivity index (χ4v) is 5.16. The van der Waals surface area contributed by atoms with Gasteiger partial charge in [-0.25, -0.2) is 4.98 Å². The van der Waals surface area contributed by atoms with Crippen LogP contribution in [0.15, 0.2) is 16.6 Å². The number of hydrogen-bond acceptors (Lipinski definition) is 4. The summed E-state index contributed by atoms with van der Waals surface area (Å²) >= 11 is 5.21. The number of halogens is 1. The second-order valence-corrected chi connectivity index (χ2v) is 7.86. The lowest BCUT2D eigenvalue weighted by atomic mass is 9.75. The van der Waals surface area contributed by atoms with Crippen molar-refractivity contribution < 1.29 is 14.6 Å². The molecule has 4 nitrogen and oxygen atoms in total. The number of ether oxygens (including phenoxy) is 1. The Hall–Kier alpha value is -1.14. The highest BCUT2D eigenvalue weighted by Crippen LogP contribution is 2.43. The van der Waals surface area contributed by atoms with E-state index in [1.54, 1.807) is 18.4 Å². The zero-order valence-electron chi connectivity index (χ0n) is 12.5. The number of rotatable bonds is 3. The van der Waals surface area contributed by atoms with Crippen LogP contribution in [0.3, 0.4) is 0 Å². The van der Waals surface area contributed by atoms with Crippen molar-refractivity contribution in [1.82, 2.24) is 4.98 Å². The zero-order chi connectivity index (χ0) is 15.9. The highest BCUT2D eigenvalue weighted by atomic mass is 79.9. The molecule has 6 heteroatoms.